The number of anilines is 1. The summed E-state index contributed by atoms with van der Waals surface area (Å²) in [6.45, 7) is 4.28. The minimum absolute atomic E-state index is 0.250. The predicted octanol–water partition coefficient (Wildman–Crippen LogP) is 3.28. The van der Waals surface area contributed by atoms with E-state index in [0.29, 0.717) is 17.8 Å². The van der Waals surface area contributed by atoms with E-state index in [4.69, 9.17) is 9.97 Å². The summed E-state index contributed by atoms with van der Waals surface area (Å²) in [5, 5.41) is 13.8. The average molecular weight is 413 g/mol. The molecule has 1 aliphatic rings. The van der Waals surface area contributed by atoms with Crippen LogP contribution in [-0.4, -0.2) is 45.4 Å². The van der Waals surface area contributed by atoms with Crippen molar-refractivity contribution >= 4 is 22.5 Å². The standard InChI is InChI=1S/C22H23N9/c1-13(2)17-10-24-31-20(17)28-21(30-12-23-11-25-30)29-22(31)26-14-7-8-19-16(9-14)15-5-3-4-6-18(15)27-19/h3-6,10-14,27H,7-9H2,1-2H3,(H,26,28,29)/t14-/m1/s1. The monoisotopic (exact) mass is 413 g/mol. The molecule has 0 fully saturated rings. The van der Waals surface area contributed by atoms with Crippen LogP contribution in [0, 0.1) is 0 Å². The van der Waals surface area contributed by atoms with Crippen LogP contribution >= 0.6 is 0 Å². The van der Waals surface area contributed by atoms with Crippen LogP contribution in [0.4, 0.5) is 5.95 Å². The third-order valence-electron chi connectivity index (χ3n) is 6.06. The Morgan fingerprint density at radius 3 is 2.90 bits per heavy atom. The largest absolute Gasteiger partial charge is 0.358 e. The molecule has 2 N–H and O–H groups in total. The van der Waals surface area contributed by atoms with Gasteiger partial charge in [0.1, 0.15) is 12.7 Å². The third-order valence-corrected chi connectivity index (χ3v) is 6.06. The zero-order valence-electron chi connectivity index (χ0n) is 17.4. The number of fused-ring (bicyclic) bond motifs is 4. The van der Waals surface area contributed by atoms with E-state index in [0.717, 1.165) is 30.5 Å². The van der Waals surface area contributed by atoms with Crippen LogP contribution in [0.3, 0.4) is 0 Å². The van der Waals surface area contributed by atoms with Crippen LogP contribution < -0.4 is 5.32 Å². The molecule has 4 heterocycles. The Morgan fingerprint density at radius 1 is 1.16 bits per heavy atom. The Kier molecular flexibility index (Phi) is 4.02. The van der Waals surface area contributed by atoms with E-state index < -0.39 is 0 Å². The smallest absolute Gasteiger partial charge is 0.257 e. The van der Waals surface area contributed by atoms with Crippen molar-refractivity contribution in [1.82, 2.24) is 39.3 Å². The molecule has 0 saturated carbocycles. The van der Waals surface area contributed by atoms with Crippen LogP contribution in [0.1, 0.15) is 43.0 Å². The van der Waals surface area contributed by atoms with Gasteiger partial charge in [-0.2, -0.15) is 29.4 Å². The number of benzene rings is 1. The Labute approximate surface area is 178 Å². The highest BCUT2D eigenvalue weighted by Crippen LogP contribution is 2.30. The van der Waals surface area contributed by atoms with Gasteiger partial charge in [0.25, 0.3) is 5.95 Å². The predicted molar refractivity (Wildman–Crippen MR) is 118 cm³/mol. The molecule has 0 unspecified atom stereocenters. The fraction of sp³-hybridized carbons (Fsp3) is 0.318. The first-order chi connectivity index (χ1) is 15.2. The molecule has 9 nitrogen and oxygen atoms in total. The topological polar surface area (TPSA) is 102 Å². The summed E-state index contributed by atoms with van der Waals surface area (Å²) < 4.78 is 3.39. The molecule has 0 aliphatic heterocycles. The Morgan fingerprint density at radius 2 is 2.06 bits per heavy atom. The van der Waals surface area contributed by atoms with E-state index in [1.54, 1.807) is 15.5 Å². The first kappa shape index (κ1) is 18.1. The van der Waals surface area contributed by atoms with Gasteiger partial charge in [0.2, 0.25) is 5.95 Å². The summed E-state index contributed by atoms with van der Waals surface area (Å²) in [7, 11) is 0. The summed E-state index contributed by atoms with van der Waals surface area (Å²) in [4.78, 5) is 17.1. The molecule has 0 bridgehead atoms. The SMILES string of the molecule is CC(C)c1cnn2c(N[C@@H]3CCc4[nH]c5ccccc5c4C3)nc(-n3cncn3)nc12. The number of nitrogens with zero attached hydrogens (tertiary/aromatic N) is 7. The van der Waals surface area contributed by atoms with Gasteiger partial charge in [0.15, 0.2) is 5.65 Å². The van der Waals surface area contributed by atoms with Gasteiger partial charge in [-0.3, -0.25) is 0 Å². The molecule has 9 heteroatoms. The van der Waals surface area contributed by atoms with E-state index in [2.05, 4.69) is 63.6 Å². The molecule has 1 aliphatic carbocycles. The summed E-state index contributed by atoms with van der Waals surface area (Å²) in [6.07, 6.45) is 7.93. The number of aromatic nitrogens is 8. The zero-order chi connectivity index (χ0) is 20.9. The molecule has 6 rings (SSSR count). The first-order valence-corrected chi connectivity index (χ1v) is 10.6. The van der Waals surface area contributed by atoms with Crippen molar-refractivity contribution in [2.75, 3.05) is 5.32 Å². The lowest BCUT2D eigenvalue weighted by molar-refractivity contribution is 0.598. The highest BCUT2D eigenvalue weighted by molar-refractivity contribution is 5.85. The number of hydrogen-bond acceptors (Lipinski definition) is 6. The van der Waals surface area contributed by atoms with Gasteiger partial charge in [-0.1, -0.05) is 32.0 Å². The van der Waals surface area contributed by atoms with Gasteiger partial charge in [-0.05, 0) is 36.8 Å². The highest BCUT2D eigenvalue weighted by atomic mass is 15.4. The summed E-state index contributed by atoms with van der Waals surface area (Å²) in [5.41, 5.74) is 5.82. The van der Waals surface area contributed by atoms with Crippen molar-refractivity contribution in [3.05, 3.63) is 59.9 Å². The lowest BCUT2D eigenvalue weighted by Crippen LogP contribution is -2.29. The molecule has 0 radical (unpaired) electrons. The average Bonchev–Trinajstić information content (AvgIpc) is 3.51. The number of para-hydroxylation sites is 1. The van der Waals surface area contributed by atoms with Crippen LogP contribution in [0.2, 0.25) is 0 Å². The normalized spacial score (nSPS) is 16.3. The molecule has 1 atom stereocenters. The second kappa shape index (κ2) is 6.90. The van der Waals surface area contributed by atoms with Crippen molar-refractivity contribution in [2.45, 2.75) is 45.1 Å². The zero-order valence-corrected chi connectivity index (χ0v) is 17.4. The molecular weight excluding hydrogens is 390 g/mol. The van der Waals surface area contributed by atoms with Crippen molar-refractivity contribution in [1.29, 1.82) is 0 Å². The van der Waals surface area contributed by atoms with Crippen molar-refractivity contribution in [2.24, 2.45) is 0 Å². The number of rotatable bonds is 4. The van der Waals surface area contributed by atoms with Crippen LogP contribution in [0.5, 0.6) is 0 Å². The minimum Gasteiger partial charge on any atom is -0.358 e. The van der Waals surface area contributed by atoms with Crippen molar-refractivity contribution in [3.8, 4) is 5.95 Å². The molecule has 0 spiro atoms. The lowest BCUT2D eigenvalue weighted by atomic mass is 9.91. The summed E-state index contributed by atoms with van der Waals surface area (Å²) in [6, 6.07) is 8.77. The fourth-order valence-electron chi connectivity index (χ4n) is 4.47. The van der Waals surface area contributed by atoms with Gasteiger partial charge < -0.3 is 10.3 Å². The number of H-pyrrole nitrogens is 1. The minimum atomic E-state index is 0.250. The maximum absolute atomic E-state index is 4.75. The molecule has 0 amide bonds. The molecule has 31 heavy (non-hydrogen) atoms. The number of nitrogens with one attached hydrogen (secondary N) is 2. The lowest BCUT2D eigenvalue weighted by Gasteiger charge is -2.24. The van der Waals surface area contributed by atoms with Gasteiger partial charge in [0.05, 0.1) is 6.20 Å². The third kappa shape index (κ3) is 2.96. The van der Waals surface area contributed by atoms with Gasteiger partial charge in [0, 0.05) is 28.2 Å². The van der Waals surface area contributed by atoms with E-state index >= 15 is 0 Å². The fourth-order valence-corrected chi connectivity index (χ4v) is 4.47. The molecule has 4 aromatic heterocycles. The van der Waals surface area contributed by atoms with Crippen molar-refractivity contribution in [3.63, 3.8) is 0 Å². The molecule has 156 valence electrons. The van der Waals surface area contributed by atoms with Crippen molar-refractivity contribution < 1.29 is 0 Å². The maximum Gasteiger partial charge on any atom is 0.257 e. The molecule has 1 aromatic carbocycles. The number of aryl methyl sites for hydroxylation is 1. The van der Waals surface area contributed by atoms with Crippen LogP contribution in [0.25, 0.3) is 22.5 Å². The van der Waals surface area contributed by atoms with Crippen LogP contribution in [0.15, 0.2) is 43.1 Å². The maximum atomic E-state index is 4.75. The van der Waals surface area contributed by atoms with Gasteiger partial charge in [-0.25, -0.2) is 4.98 Å². The van der Waals surface area contributed by atoms with Crippen LogP contribution in [-0.2, 0) is 12.8 Å². The van der Waals surface area contributed by atoms with Gasteiger partial charge >= 0.3 is 0 Å². The second-order valence-electron chi connectivity index (χ2n) is 8.39. The number of aromatic amines is 1. The van der Waals surface area contributed by atoms with E-state index in [1.165, 1.54) is 28.5 Å². The first-order valence-electron chi connectivity index (χ1n) is 10.6. The number of hydrogen-bond donors (Lipinski definition) is 2. The molecule has 5 aromatic rings. The quantitative estimate of drug-likeness (QED) is 0.469. The molecule has 0 saturated heterocycles. The Balaban J connectivity index is 1.40. The Hall–Kier alpha value is -3.75. The van der Waals surface area contributed by atoms with E-state index in [9.17, 15) is 0 Å². The highest BCUT2D eigenvalue weighted by Gasteiger charge is 2.24. The second-order valence-corrected chi connectivity index (χ2v) is 8.39. The molecular formula is C22H23N9. The van der Waals surface area contributed by atoms with Gasteiger partial charge in [-0.15, -0.1) is 0 Å². The Bertz CT molecular complexity index is 1380. The summed E-state index contributed by atoms with van der Waals surface area (Å²) in [5.74, 6) is 1.46. The van der Waals surface area contributed by atoms with E-state index in [1.807, 2.05) is 6.20 Å². The summed E-state index contributed by atoms with van der Waals surface area (Å²) >= 11 is 0. The van der Waals surface area contributed by atoms with E-state index in [-0.39, 0.29) is 6.04 Å².